The van der Waals surface area contributed by atoms with Gasteiger partial charge in [-0.1, -0.05) is 11.6 Å². The molecule has 0 bridgehead atoms. The number of thiophene rings is 1. The van der Waals surface area contributed by atoms with Crippen molar-refractivity contribution >= 4 is 42.8 Å². The second kappa shape index (κ2) is 4.45. The van der Waals surface area contributed by atoms with Crippen molar-refractivity contribution in [3.63, 3.8) is 0 Å². The predicted molar refractivity (Wildman–Crippen MR) is 71.3 cm³/mol. The molecule has 0 unspecified atom stereocenters. The fraction of sp³-hybridized carbons (Fsp3) is 0.556. The molecule has 0 amide bonds. The molecule has 1 saturated heterocycles. The summed E-state index contributed by atoms with van der Waals surface area (Å²) in [6.45, 7) is 1.60. The number of sulfone groups is 1. The first-order valence-corrected chi connectivity index (χ1v) is 9.62. The summed E-state index contributed by atoms with van der Waals surface area (Å²) in [4.78, 5) is 0. The smallest absolute Gasteiger partial charge is 0.229 e. The maximum absolute atomic E-state index is 12.1. The Bertz CT molecular complexity index is 664. The van der Waals surface area contributed by atoms with Gasteiger partial charge in [-0.2, -0.15) is 0 Å². The minimum Gasteiger partial charge on any atom is -0.229 e. The lowest BCUT2D eigenvalue weighted by Gasteiger charge is -2.22. The van der Waals surface area contributed by atoms with Crippen LogP contribution < -0.4 is 4.72 Å². The summed E-state index contributed by atoms with van der Waals surface area (Å²) < 4.78 is 49.9. The summed E-state index contributed by atoms with van der Waals surface area (Å²) in [5, 5.41) is 0. The number of halogens is 1. The number of nitrogens with one attached hydrogen (secondary N) is 1. The van der Waals surface area contributed by atoms with Crippen molar-refractivity contribution in [1.29, 1.82) is 0 Å². The van der Waals surface area contributed by atoms with E-state index in [-0.39, 0.29) is 22.1 Å². The molecule has 1 aromatic heterocycles. The molecule has 1 N–H and O–H groups in total. The molecule has 1 atom stereocenters. The van der Waals surface area contributed by atoms with E-state index in [9.17, 15) is 16.8 Å². The van der Waals surface area contributed by atoms with Crippen molar-refractivity contribution < 1.29 is 16.8 Å². The van der Waals surface area contributed by atoms with Crippen molar-refractivity contribution in [3.8, 4) is 0 Å². The molecule has 18 heavy (non-hydrogen) atoms. The summed E-state index contributed by atoms with van der Waals surface area (Å²) in [5.74, 6) is -0.157. The fourth-order valence-corrected chi connectivity index (χ4v) is 7.01. The van der Waals surface area contributed by atoms with Crippen LogP contribution in [0, 0.1) is 0 Å². The van der Waals surface area contributed by atoms with Crippen LogP contribution in [0.2, 0.25) is 4.34 Å². The van der Waals surface area contributed by atoms with Gasteiger partial charge in [0.15, 0.2) is 9.84 Å². The topological polar surface area (TPSA) is 80.3 Å². The Morgan fingerprint density at radius 1 is 1.44 bits per heavy atom. The molecule has 1 fully saturated rings. The van der Waals surface area contributed by atoms with Gasteiger partial charge < -0.3 is 0 Å². The third-order valence-corrected chi connectivity index (χ3v) is 7.96. The SMILES string of the molecule is C[C@@]1(NS(=O)(=O)c2ccc(Cl)s2)CCS(=O)(=O)C1. The molecule has 0 radical (unpaired) electrons. The zero-order valence-electron chi connectivity index (χ0n) is 9.51. The van der Waals surface area contributed by atoms with Gasteiger partial charge in [0.1, 0.15) is 4.21 Å². The van der Waals surface area contributed by atoms with Crippen LogP contribution in [0.5, 0.6) is 0 Å². The highest BCUT2D eigenvalue weighted by Crippen LogP contribution is 2.29. The maximum Gasteiger partial charge on any atom is 0.250 e. The van der Waals surface area contributed by atoms with Crippen molar-refractivity contribution in [2.75, 3.05) is 11.5 Å². The summed E-state index contributed by atoms with van der Waals surface area (Å²) >= 11 is 6.64. The van der Waals surface area contributed by atoms with Gasteiger partial charge >= 0.3 is 0 Å². The molecule has 9 heteroatoms. The summed E-state index contributed by atoms with van der Waals surface area (Å²) in [7, 11) is -6.86. The Hall–Kier alpha value is -0.150. The molecule has 1 aliphatic heterocycles. The first kappa shape index (κ1) is 14.3. The normalized spacial score (nSPS) is 27.4. The molecule has 0 spiro atoms. The van der Waals surface area contributed by atoms with Gasteiger partial charge in [0.25, 0.3) is 10.0 Å². The van der Waals surface area contributed by atoms with Gasteiger partial charge in [-0.05, 0) is 25.5 Å². The zero-order valence-corrected chi connectivity index (χ0v) is 12.7. The largest absolute Gasteiger partial charge is 0.250 e. The van der Waals surface area contributed by atoms with Crippen LogP contribution in [0.25, 0.3) is 0 Å². The molecule has 2 heterocycles. The van der Waals surface area contributed by atoms with Gasteiger partial charge in [-0.15, -0.1) is 11.3 Å². The first-order chi connectivity index (χ1) is 8.12. The van der Waals surface area contributed by atoms with Gasteiger partial charge in [0.05, 0.1) is 15.8 Å². The summed E-state index contributed by atoms with van der Waals surface area (Å²) in [6, 6.07) is 2.90. The van der Waals surface area contributed by atoms with E-state index in [1.807, 2.05) is 0 Å². The Balaban J connectivity index is 2.24. The van der Waals surface area contributed by atoms with E-state index in [2.05, 4.69) is 4.72 Å². The van der Waals surface area contributed by atoms with Crippen molar-refractivity contribution in [2.45, 2.75) is 23.1 Å². The van der Waals surface area contributed by atoms with Crippen LogP contribution in [0.4, 0.5) is 0 Å². The lowest BCUT2D eigenvalue weighted by molar-refractivity contribution is 0.462. The molecular weight excluding hydrogens is 318 g/mol. The molecule has 1 aromatic rings. The Kier molecular flexibility index (Phi) is 3.52. The number of hydrogen-bond acceptors (Lipinski definition) is 5. The van der Waals surface area contributed by atoms with Crippen molar-refractivity contribution in [3.05, 3.63) is 16.5 Å². The van der Waals surface area contributed by atoms with Crippen LogP contribution in [-0.2, 0) is 19.9 Å². The Morgan fingerprint density at radius 3 is 2.56 bits per heavy atom. The minimum absolute atomic E-state index is 0.0111. The lowest BCUT2D eigenvalue weighted by atomic mass is 10.0. The van der Waals surface area contributed by atoms with E-state index < -0.39 is 25.4 Å². The predicted octanol–water partition coefficient (Wildman–Crippen LogP) is 1.26. The van der Waals surface area contributed by atoms with E-state index >= 15 is 0 Å². The second-order valence-corrected chi connectivity index (χ2v) is 10.4. The van der Waals surface area contributed by atoms with Crippen LogP contribution in [0.15, 0.2) is 16.3 Å². The highest BCUT2D eigenvalue weighted by Gasteiger charge is 2.41. The maximum atomic E-state index is 12.1. The summed E-state index contributed by atoms with van der Waals surface area (Å²) in [5.41, 5.74) is -0.936. The van der Waals surface area contributed by atoms with E-state index in [0.717, 1.165) is 11.3 Å². The van der Waals surface area contributed by atoms with Gasteiger partial charge in [-0.3, -0.25) is 0 Å². The third kappa shape index (κ3) is 3.05. The van der Waals surface area contributed by atoms with Crippen molar-refractivity contribution in [1.82, 2.24) is 4.72 Å². The van der Waals surface area contributed by atoms with E-state index in [0.29, 0.717) is 4.34 Å². The second-order valence-electron chi connectivity index (χ2n) is 4.57. The lowest BCUT2D eigenvalue weighted by Crippen LogP contribution is -2.46. The van der Waals surface area contributed by atoms with Gasteiger partial charge in [0, 0.05) is 5.54 Å². The van der Waals surface area contributed by atoms with E-state index in [4.69, 9.17) is 11.6 Å². The highest BCUT2D eigenvalue weighted by atomic mass is 35.5. The molecule has 0 saturated carbocycles. The summed E-state index contributed by atoms with van der Waals surface area (Å²) in [6.07, 6.45) is 0.285. The Labute approximate surface area is 115 Å². The first-order valence-electron chi connectivity index (χ1n) is 5.12. The monoisotopic (exact) mass is 329 g/mol. The van der Waals surface area contributed by atoms with Crippen LogP contribution in [0.1, 0.15) is 13.3 Å². The number of rotatable bonds is 3. The molecule has 102 valence electrons. The van der Waals surface area contributed by atoms with Crippen molar-refractivity contribution in [2.24, 2.45) is 0 Å². The number of sulfonamides is 1. The zero-order chi connectivity index (χ0) is 13.6. The van der Waals surface area contributed by atoms with E-state index in [1.165, 1.54) is 12.1 Å². The molecule has 0 aliphatic carbocycles. The third-order valence-electron chi connectivity index (χ3n) is 2.70. The molecule has 0 aromatic carbocycles. The van der Waals surface area contributed by atoms with Gasteiger partial charge in [-0.25, -0.2) is 21.6 Å². The molecule has 5 nitrogen and oxygen atoms in total. The average molecular weight is 330 g/mol. The minimum atomic E-state index is -3.71. The van der Waals surface area contributed by atoms with Crippen LogP contribution in [-0.4, -0.2) is 33.9 Å². The van der Waals surface area contributed by atoms with Crippen LogP contribution in [0.3, 0.4) is 0 Å². The molecule has 1 aliphatic rings. The molecular formula is C9H12ClNO4S3. The fourth-order valence-electron chi connectivity index (χ4n) is 1.91. The average Bonchev–Trinajstić information content (AvgIpc) is 2.70. The molecule has 2 rings (SSSR count). The van der Waals surface area contributed by atoms with Gasteiger partial charge in [0.2, 0.25) is 0 Å². The standard InChI is InChI=1S/C9H12ClNO4S3/c1-9(4-5-17(12,13)6-9)11-18(14,15)8-3-2-7(10)16-8/h2-3,11H,4-6H2,1H3/t9-/m1/s1. The number of hydrogen-bond donors (Lipinski definition) is 1. The van der Waals surface area contributed by atoms with Crippen LogP contribution >= 0.6 is 22.9 Å². The highest BCUT2D eigenvalue weighted by molar-refractivity contribution is 7.92. The quantitative estimate of drug-likeness (QED) is 0.905. The van der Waals surface area contributed by atoms with E-state index in [1.54, 1.807) is 6.92 Å². The Morgan fingerprint density at radius 2 is 2.11 bits per heavy atom.